The summed E-state index contributed by atoms with van der Waals surface area (Å²) in [5.41, 5.74) is 1.05. The second-order valence-corrected chi connectivity index (χ2v) is 5.79. The number of hydrogen-bond acceptors (Lipinski definition) is 5. The van der Waals surface area contributed by atoms with Crippen molar-refractivity contribution in [2.75, 3.05) is 7.11 Å². The van der Waals surface area contributed by atoms with Crippen LogP contribution in [0.5, 0.6) is 5.75 Å². The monoisotopic (exact) mass is 370 g/mol. The van der Waals surface area contributed by atoms with Crippen LogP contribution in [0.2, 0.25) is 0 Å². The average molecular weight is 370 g/mol. The smallest absolute Gasteiger partial charge is 0.307 e. The molecule has 1 N–H and O–H groups in total. The van der Waals surface area contributed by atoms with Gasteiger partial charge in [-0.3, -0.25) is 9.59 Å². The summed E-state index contributed by atoms with van der Waals surface area (Å²) in [4.78, 5) is 24.1. The van der Waals surface area contributed by atoms with Crippen LogP contribution in [0, 0.1) is 17.1 Å². The van der Waals surface area contributed by atoms with Crippen molar-refractivity contribution in [1.82, 2.24) is 5.32 Å². The second kappa shape index (κ2) is 9.34. The van der Waals surface area contributed by atoms with Crippen LogP contribution in [-0.2, 0) is 14.3 Å². The normalized spacial score (nSPS) is 12.4. The molecule has 140 valence electrons. The molecule has 6 nitrogen and oxygen atoms in total. The molecule has 0 fully saturated rings. The summed E-state index contributed by atoms with van der Waals surface area (Å²) in [6, 6.07) is 13.2. The minimum atomic E-state index is -0.849. The molecule has 2 aromatic carbocycles. The van der Waals surface area contributed by atoms with Crippen LogP contribution in [0.3, 0.4) is 0 Å². The number of halogens is 1. The standard InChI is InChI=1S/C20H19FN2O4/c1-13(27-17-9-3-14(12-22)4-10-17)20(25)23-18(11-19(24)26-2)15-5-7-16(21)8-6-15/h3-10,13,18H,11H2,1-2H3,(H,23,25)/t13-,18-/m1/s1. The van der Waals surface area contributed by atoms with Gasteiger partial charge in [-0.15, -0.1) is 0 Å². The molecule has 7 heteroatoms. The average Bonchev–Trinajstić information content (AvgIpc) is 2.68. The van der Waals surface area contributed by atoms with E-state index >= 15 is 0 Å². The molecule has 0 aliphatic rings. The Morgan fingerprint density at radius 1 is 1.15 bits per heavy atom. The molecule has 0 saturated heterocycles. The summed E-state index contributed by atoms with van der Waals surface area (Å²) in [5.74, 6) is -0.940. The van der Waals surface area contributed by atoms with Gasteiger partial charge in [0, 0.05) is 0 Å². The fourth-order valence-corrected chi connectivity index (χ4v) is 2.35. The Morgan fingerprint density at radius 3 is 2.33 bits per heavy atom. The molecule has 0 heterocycles. The van der Waals surface area contributed by atoms with E-state index in [1.54, 1.807) is 31.2 Å². The molecule has 0 bridgehead atoms. The number of esters is 1. The predicted molar refractivity (Wildman–Crippen MR) is 95.2 cm³/mol. The Bertz CT molecular complexity index is 829. The molecular formula is C20H19FN2O4. The highest BCUT2D eigenvalue weighted by molar-refractivity contribution is 5.82. The van der Waals surface area contributed by atoms with Crippen molar-refractivity contribution in [3.8, 4) is 11.8 Å². The number of carbonyl (C=O) groups excluding carboxylic acids is 2. The highest BCUT2D eigenvalue weighted by atomic mass is 19.1. The Balaban J connectivity index is 2.07. The number of nitriles is 1. The minimum Gasteiger partial charge on any atom is -0.481 e. The number of rotatable bonds is 7. The minimum absolute atomic E-state index is 0.0997. The van der Waals surface area contributed by atoms with Gasteiger partial charge in [-0.25, -0.2) is 4.39 Å². The summed E-state index contributed by atoms with van der Waals surface area (Å²) >= 11 is 0. The molecule has 2 atom stereocenters. The maximum Gasteiger partial charge on any atom is 0.307 e. The van der Waals surface area contributed by atoms with Crippen LogP contribution in [0.25, 0.3) is 0 Å². The van der Waals surface area contributed by atoms with Crippen molar-refractivity contribution in [2.45, 2.75) is 25.5 Å². The second-order valence-electron chi connectivity index (χ2n) is 5.79. The number of benzene rings is 2. The van der Waals surface area contributed by atoms with E-state index in [2.05, 4.69) is 10.1 Å². The molecule has 0 radical (unpaired) electrons. The first-order valence-corrected chi connectivity index (χ1v) is 8.22. The quantitative estimate of drug-likeness (QED) is 0.757. The van der Waals surface area contributed by atoms with E-state index in [0.29, 0.717) is 16.9 Å². The van der Waals surface area contributed by atoms with E-state index in [1.807, 2.05) is 6.07 Å². The van der Waals surface area contributed by atoms with Gasteiger partial charge in [-0.2, -0.15) is 5.26 Å². The molecule has 1 amide bonds. The number of methoxy groups -OCH3 is 1. The fraction of sp³-hybridized carbons (Fsp3) is 0.250. The van der Waals surface area contributed by atoms with Gasteiger partial charge in [0.25, 0.3) is 5.91 Å². The van der Waals surface area contributed by atoms with Gasteiger partial charge in [0.2, 0.25) is 0 Å². The van der Waals surface area contributed by atoms with Crippen molar-refractivity contribution in [3.05, 3.63) is 65.5 Å². The van der Waals surface area contributed by atoms with Gasteiger partial charge in [-0.1, -0.05) is 12.1 Å². The largest absolute Gasteiger partial charge is 0.481 e. The fourth-order valence-electron chi connectivity index (χ4n) is 2.35. The van der Waals surface area contributed by atoms with Gasteiger partial charge >= 0.3 is 5.97 Å². The lowest BCUT2D eigenvalue weighted by Crippen LogP contribution is -2.39. The number of hydrogen-bond donors (Lipinski definition) is 1. The third-order valence-corrected chi connectivity index (χ3v) is 3.85. The van der Waals surface area contributed by atoms with Crippen molar-refractivity contribution in [3.63, 3.8) is 0 Å². The van der Waals surface area contributed by atoms with E-state index in [4.69, 9.17) is 10.00 Å². The van der Waals surface area contributed by atoms with Crippen LogP contribution in [0.15, 0.2) is 48.5 Å². The van der Waals surface area contributed by atoms with E-state index < -0.39 is 29.8 Å². The lowest BCUT2D eigenvalue weighted by atomic mass is 10.0. The van der Waals surface area contributed by atoms with Crippen LogP contribution in [-0.4, -0.2) is 25.1 Å². The third kappa shape index (κ3) is 5.82. The number of nitrogens with one attached hydrogen (secondary N) is 1. The van der Waals surface area contributed by atoms with Crippen molar-refractivity contribution in [1.29, 1.82) is 5.26 Å². The molecule has 0 unspecified atom stereocenters. The SMILES string of the molecule is COC(=O)C[C@@H](NC(=O)[C@@H](C)Oc1ccc(C#N)cc1)c1ccc(F)cc1. The van der Waals surface area contributed by atoms with Crippen molar-refractivity contribution >= 4 is 11.9 Å². The highest BCUT2D eigenvalue weighted by Crippen LogP contribution is 2.19. The van der Waals surface area contributed by atoms with Crippen molar-refractivity contribution < 1.29 is 23.5 Å². The Morgan fingerprint density at radius 2 is 1.78 bits per heavy atom. The van der Waals surface area contributed by atoms with Gasteiger partial charge in [0.15, 0.2) is 6.10 Å². The molecule has 2 rings (SSSR count). The van der Waals surface area contributed by atoms with Crippen LogP contribution < -0.4 is 10.1 Å². The summed E-state index contributed by atoms with van der Waals surface area (Å²) in [5, 5.41) is 11.5. The number of nitrogens with zero attached hydrogens (tertiary/aromatic N) is 1. The van der Waals surface area contributed by atoms with Gasteiger partial charge in [0.05, 0.1) is 31.2 Å². The van der Waals surface area contributed by atoms with E-state index in [0.717, 1.165) is 0 Å². The first-order valence-electron chi connectivity index (χ1n) is 8.22. The maximum atomic E-state index is 13.1. The van der Waals surface area contributed by atoms with Crippen LogP contribution in [0.4, 0.5) is 4.39 Å². The topological polar surface area (TPSA) is 88.4 Å². The molecule has 0 saturated carbocycles. The van der Waals surface area contributed by atoms with E-state index in [-0.39, 0.29) is 6.42 Å². The first-order chi connectivity index (χ1) is 12.9. The predicted octanol–water partition coefficient (Wildman–Crippen LogP) is 2.89. The zero-order valence-electron chi connectivity index (χ0n) is 14.9. The number of amides is 1. The van der Waals surface area contributed by atoms with Gasteiger partial charge in [-0.05, 0) is 48.9 Å². The Kier molecular flexibility index (Phi) is 6.89. The Hall–Kier alpha value is -3.40. The Labute approximate surface area is 156 Å². The highest BCUT2D eigenvalue weighted by Gasteiger charge is 2.23. The first kappa shape index (κ1) is 19.9. The molecule has 0 aliphatic heterocycles. The van der Waals surface area contributed by atoms with Gasteiger partial charge < -0.3 is 14.8 Å². The van der Waals surface area contributed by atoms with Gasteiger partial charge in [0.1, 0.15) is 11.6 Å². The maximum absolute atomic E-state index is 13.1. The summed E-state index contributed by atoms with van der Waals surface area (Å²) in [6.45, 7) is 1.56. The lowest BCUT2D eigenvalue weighted by molar-refractivity contribution is -0.141. The zero-order valence-corrected chi connectivity index (χ0v) is 14.9. The summed E-state index contributed by atoms with van der Waals surface area (Å²) in [7, 11) is 1.25. The zero-order chi connectivity index (χ0) is 19.8. The summed E-state index contributed by atoms with van der Waals surface area (Å²) < 4.78 is 23.4. The number of ether oxygens (including phenoxy) is 2. The molecule has 27 heavy (non-hydrogen) atoms. The van der Waals surface area contributed by atoms with Crippen LogP contribution >= 0.6 is 0 Å². The molecular weight excluding hydrogens is 351 g/mol. The van der Waals surface area contributed by atoms with E-state index in [9.17, 15) is 14.0 Å². The summed E-state index contributed by atoms with van der Waals surface area (Å²) in [6.07, 6.45) is -0.948. The molecule has 2 aromatic rings. The lowest BCUT2D eigenvalue weighted by Gasteiger charge is -2.21. The number of carbonyl (C=O) groups is 2. The third-order valence-electron chi connectivity index (χ3n) is 3.85. The molecule has 0 spiro atoms. The van der Waals surface area contributed by atoms with E-state index in [1.165, 1.54) is 31.4 Å². The molecule has 0 aromatic heterocycles. The van der Waals surface area contributed by atoms with Crippen molar-refractivity contribution in [2.24, 2.45) is 0 Å². The molecule has 0 aliphatic carbocycles. The van der Waals surface area contributed by atoms with Crippen LogP contribution in [0.1, 0.15) is 30.5 Å².